The Labute approximate surface area is 165 Å². The molecule has 0 unspecified atom stereocenters. The lowest BCUT2D eigenvalue weighted by Gasteiger charge is -2.23. The Bertz CT molecular complexity index is 834. The number of rotatable bonds is 5. The molecule has 3 nitrogen and oxygen atoms in total. The van der Waals surface area contributed by atoms with Crippen LogP contribution in [0.4, 0.5) is 5.69 Å². The summed E-state index contributed by atoms with van der Waals surface area (Å²) in [5, 5.41) is 0.619. The van der Waals surface area contributed by atoms with Crippen LogP contribution in [-0.2, 0) is 6.42 Å². The Morgan fingerprint density at radius 1 is 1.00 bits per heavy atom. The Hall–Kier alpha value is -2.36. The highest BCUT2D eigenvalue weighted by atomic mass is 35.5. The number of carbonyl (C=O) groups is 1. The second-order valence-corrected chi connectivity index (χ2v) is 6.29. The van der Waals surface area contributed by atoms with E-state index in [1.807, 2.05) is 49.5 Å². The summed E-state index contributed by atoms with van der Waals surface area (Å²) in [4.78, 5) is 19.1. The van der Waals surface area contributed by atoms with Crippen molar-refractivity contribution in [3.63, 3.8) is 0 Å². The number of hydrogen-bond donors (Lipinski definition) is 0. The Balaban J connectivity index is 0.00000243. The highest BCUT2D eigenvalue weighted by Crippen LogP contribution is 2.19. The zero-order chi connectivity index (χ0) is 17.6. The van der Waals surface area contributed by atoms with Gasteiger partial charge in [0.05, 0.1) is 0 Å². The number of aromatic nitrogens is 1. The third kappa shape index (κ3) is 5.07. The van der Waals surface area contributed by atoms with Crippen LogP contribution in [0, 0.1) is 6.92 Å². The van der Waals surface area contributed by atoms with Gasteiger partial charge in [0.2, 0.25) is 0 Å². The minimum atomic E-state index is -0.0389. The van der Waals surface area contributed by atoms with Gasteiger partial charge < -0.3 is 4.90 Å². The maximum Gasteiger partial charge on any atom is 0.258 e. The van der Waals surface area contributed by atoms with Gasteiger partial charge in [0.1, 0.15) is 0 Å². The number of benzene rings is 2. The fraction of sp³-hybridized carbons (Fsp3) is 0.143. The first kappa shape index (κ1) is 20.0. The van der Waals surface area contributed by atoms with Gasteiger partial charge in [-0.3, -0.25) is 9.78 Å². The Kier molecular flexibility index (Phi) is 7.19. The SMILES string of the molecule is Cc1ccc(CCN(C(=O)c2ccc(Cl)cc2)c2ccccc2)cn1.Cl. The summed E-state index contributed by atoms with van der Waals surface area (Å²) < 4.78 is 0. The summed E-state index contributed by atoms with van der Waals surface area (Å²) in [5.74, 6) is -0.0389. The summed E-state index contributed by atoms with van der Waals surface area (Å²) in [6, 6.07) is 20.7. The van der Waals surface area contributed by atoms with Crippen molar-refractivity contribution in [1.82, 2.24) is 4.98 Å². The summed E-state index contributed by atoms with van der Waals surface area (Å²) in [6.07, 6.45) is 2.60. The molecule has 0 spiro atoms. The Morgan fingerprint density at radius 3 is 2.31 bits per heavy atom. The maximum absolute atomic E-state index is 13.0. The minimum Gasteiger partial charge on any atom is -0.308 e. The van der Waals surface area contributed by atoms with Crippen molar-refractivity contribution in [2.24, 2.45) is 0 Å². The summed E-state index contributed by atoms with van der Waals surface area (Å²) >= 11 is 5.94. The number of aryl methyl sites for hydroxylation is 1. The fourth-order valence-corrected chi connectivity index (χ4v) is 2.72. The topological polar surface area (TPSA) is 33.2 Å². The third-order valence-electron chi connectivity index (χ3n) is 4.00. The molecular formula is C21H20Cl2N2O. The number of pyridine rings is 1. The monoisotopic (exact) mass is 386 g/mol. The zero-order valence-corrected chi connectivity index (χ0v) is 16.0. The standard InChI is InChI=1S/C21H19ClN2O.ClH/c1-16-7-8-17(15-23-16)13-14-24(20-5-3-2-4-6-20)21(25)18-9-11-19(22)12-10-18;/h2-12,15H,13-14H2,1H3;1H. The predicted molar refractivity (Wildman–Crippen MR) is 109 cm³/mol. The van der Waals surface area contributed by atoms with Crippen LogP contribution in [0.3, 0.4) is 0 Å². The number of para-hydroxylation sites is 1. The third-order valence-corrected chi connectivity index (χ3v) is 4.25. The van der Waals surface area contributed by atoms with Gasteiger partial charge in [0.25, 0.3) is 5.91 Å². The van der Waals surface area contributed by atoms with Crippen LogP contribution in [0.1, 0.15) is 21.6 Å². The normalized spacial score (nSPS) is 10.1. The first-order valence-corrected chi connectivity index (χ1v) is 8.55. The molecule has 3 rings (SSSR count). The van der Waals surface area contributed by atoms with Gasteiger partial charge in [0.15, 0.2) is 0 Å². The van der Waals surface area contributed by atoms with Crippen LogP contribution in [-0.4, -0.2) is 17.4 Å². The van der Waals surface area contributed by atoms with E-state index in [-0.39, 0.29) is 18.3 Å². The van der Waals surface area contributed by atoms with Crippen molar-refractivity contribution in [1.29, 1.82) is 0 Å². The molecule has 0 radical (unpaired) electrons. The minimum absolute atomic E-state index is 0. The second kappa shape index (κ2) is 9.37. The van der Waals surface area contributed by atoms with Crippen molar-refractivity contribution in [3.8, 4) is 0 Å². The van der Waals surface area contributed by atoms with Crippen molar-refractivity contribution in [2.75, 3.05) is 11.4 Å². The van der Waals surface area contributed by atoms with E-state index in [0.717, 1.165) is 23.4 Å². The molecule has 0 aliphatic heterocycles. The molecule has 1 amide bonds. The molecule has 3 aromatic rings. The predicted octanol–water partition coefficient (Wildman–Crippen LogP) is 5.35. The van der Waals surface area contributed by atoms with Gasteiger partial charge in [-0.1, -0.05) is 35.9 Å². The first-order chi connectivity index (χ1) is 12.1. The van der Waals surface area contributed by atoms with Crippen LogP contribution >= 0.6 is 24.0 Å². The number of nitrogens with zero attached hydrogens (tertiary/aromatic N) is 2. The molecule has 0 N–H and O–H groups in total. The maximum atomic E-state index is 13.0. The molecule has 1 aromatic heterocycles. The number of carbonyl (C=O) groups excluding carboxylic acids is 1. The lowest BCUT2D eigenvalue weighted by Crippen LogP contribution is -2.32. The van der Waals surface area contributed by atoms with E-state index in [4.69, 9.17) is 11.6 Å². The van der Waals surface area contributed by atoms with Gasteiger partial charge in [-0.25, -0.2) is 0 Å². The van der Waals surface area contributed by atoms with E-state index in [2.05, 4.69) is 11.1 Å². The van der Waals surface area contributed by atoms with Gasteiger partial charge >= 0.3 is 0 Å². The van der Waals surface area contributed by atoms with E-state index in [1.54, 1.807) is 29.2 Å². The largest absolute Gasteiger partial charge is 0.308 e. The molecule has 0 fully saturated rings. The molecule has 0 atom stereocenters. The molecule has 1 heterocycles. The van der Waals surface area contributed by atoms with Gasteiger partial charge in [-0.05, 0) is 61.4 Å². The van der Waals surface area contributed by atoms with Crippen LogP contribution in [0.2, 0.25) is 5.02 Å². The zero-order valence-electron chi connectivity index (χ0n) is 14.4. The van der Waals surface area contributed by atoms with Crippen molar-refractivity contribution >= 4 is 35.6 Å². The Morgan fingerprint density at radius 2 is 1.69 bits per heavy atom. The van der Waals surface area contributed by atoms with E-state index < -0.39 is 0 Å². The molecule has 0 aliphatic carbocycles. The average molecular weight is 387 g/mol. The van der Waals surface area contributed by atoms with Gasteiger partial charge in [-0.2, -0.15) is 0 Å². The summed E-state index contributed by atoms with van der Waals surface area (Å²) in [7, 11) is 0. The first-order valence-electron chi connectivity index (χ1n) is 8.17. The van der Waals surface area contributed by atoms with Gasteiger partial charge in [-0.15, -0.1) is 12.4 Å². The quantitative estimate of drug-likeness (QED) is 0.591. The van der Waals surface area contributed by atoms with Crippen molar-refractivity contribution in [3.05, 3.63) is 94.8 Å². The van der Waals surface area contributed by atoms with E-state index in [9.17, 15) is 4.79 Å². The van der Waals surface area contributed by atoms with E-state index in [0.29, 0.717) is 17.1 Å². The highest BCUT2D eigenvalue weighted by molar-refractivity contribution is 6.30. The molecular weight excluding hydrogens is 367 g/mol. The number of halogens is 2. The van der Waals surface area contributed by atoms with Crippen LogP contribution in [0.5, 0.6) is 0 Å². The number of hydrogen-bond acceptors (Lipinski definition) is 2. The molecule has 2 aromatic carbocycles. The summed E-state index contributed by atoms with van der Waals surface area (Å²) in [6.45, 7) is 2.54. The smallest absolute Gasteiger partial charge is 0.258 e. The molecule has 134 valence electrons. The average Bonchev–Trinajstić information content (AvgIpc) is 2.65. The fourth-order valence-electron chi connectivity index (χ4n) is 2.59. The number of amides is 1. The molecule has 0 aliphatic rings. The highest BCUT2D eigenvalue weighted by Gasteiger charge is 2.17. The molecule has 0 saturated heterocycles. The molecule has 26 heavy (non-hydrogen) atoms. The van der Waals surface area contributed by atoms with Gasteiger partial charge in [0, 0.05) is 34.7 Å². The number of anilines is 1. The lowest BCUT2D eigenvalue weighted by molar-refractivity contribution is 0.0987. The van der Waals surface area contributed by atoms with E-state index >= 15 is 0 Å². The van der Waals surface area contributed by atoms with E-state index in [1.165, 1.54) is 0 Å². The van der Waals surface area contributed by atoms with Crippen molar-refractivity contribution < 1.29 is 4.79 Å². The van der Waals surface area contributed by atoms with Crippen LogP contribution < -0.4 is 4.90 Å². The molecule has 5 heteroatoms. The van der Waals surface area contributed by atoms with Crippen LogP contribution in [0.25, 0.3) is 0 Å². The van der Waals surface area contributed by atoms with Crippen LogP contribution in [0.15, 0.2) is 72.9 Å². The molecule has 0 saturated carbocycles. The van der Waals surface area contributed by atoms with Crippen molar-refractivity contribution in [2.45, 2.75) is 13.3 Å². The lowest BCUT2D eigenvalue weighted by atomic mass is 10.1. The second-order valence-electron chi connectivity index (χ2n) is 5.86. The summed E-state index contributed by atoms with van der Waals surface area (Å²) in [5.41, 5.74) is 3.59. The molecule has 0 bridgehead atoms.